The van der Waals surface area contributed by atoms with Crippen molar-refractivity contribution in [3.05, 3.63) is 0 Å². The summed E-state index contributed by atoms with van der Waals surface area (Å²) in [6.07, 6.45) is 6.76. The van der Waals surface area contributed by atoms with E-state index in [1.54, 1.807) is 0 Å². The molecule has 0 aromatic heterocycles. The molecule has 20 heavy (non-hydrogen) atoms. The molecule has 1 saturated carbocycles. The van der Waals surface area contributed by atoms with Crippen molar-refractivity contribution in [2.45, 2.75) is 65.3 Å². The highest BCUT2D eigenvalue weighted by Gasteiger charge is 2.20. The molecule has 0 bridgehead atoms. The van der Waals surface area contributed by atoms with Crippen LogP contribution >= 0.6 is 0 Å². The molecule has 0 atom stereocenters. The van der Waals surface area contributed by atoms with Crippen LogP contribution in [0.2, 0.25) is 0 Å². The highest BCUT2D eigenvalue weighted by Crippen LogP contribution is 2.18. The molecule has 0 saturated heterocycles. The second-order valence-electron chi connectivity index (χ2n) is 6.89. The molecule has 4 nitrogen and oxygen atoms in total. The quantitative estimate of drug-likeness (QED) is 0.717. The van der Waals surface area contributed by atoms with Gasteiger partial charge in [0.1, 0.15) is 0 Å². The van der Waals surface area contributed by atoms with Gasteiger partial charge < -0.3 is 16.0 Å². The third-order valence-corrected chi connectivity index (χ3v) is 4.28. The van der Waals surface area contributed by atoms with Crippen LogP contribution in [0.25, 0.3) is 0 Å². The maximum Gasteiger partial charge on any atom is 0.221 e. The van der Waals surface area contributed by atoms with Crippen molar-refractivity contribution < 1.29 is 4.79 Å². The summed E-state index contributed by atoms with van der Waals surface area (Å²) in [4.78, 5) is 14.3. The first-order valence-electron chi connectivity index (χ1n) is 8.18. The van der Waals surface area contributed by atoms with Crippen molar-refractivity contribution in [1.29, 1.82) is 0 Å². The fraction of sp³-hybridized carbons (Fsp3) is 0.938. The first-order chi connectivity index (χ1) is 9.46. The molecule has 1 amide bonds. The van der Waals surface area contributed by atoms with E-state index in [1.165, 1.54) is 19.3 Å². The van der Waals surface area contributed by atoms with Gasteiger partial charge in [-0.25, -0.2) is 0 Å². The number of carbonyl (C=O) groups is 1. The lowest BCUT2D eigenvalue weighted by molar-refractivity contribution is -0.122. The molecule has 118 valence electrons. The topological polar surface area (TPSA) is 58.4 Å². The number of amides is 1. The zero-order valence-electron chi connectivity index (χ0n) is 13.6. The van der Waals surface area contributed by atoms with Gasteiger partial charge in [-0.05, 0) is 31.3 Å². The monoisotopic (exact) mass is 283 g/mol. The Bertz CT molecular complexity index is 285. The molecule has 0 spiro atoms. The predicted molar refractivity (Wildman–Crippen MR) is 84.6 cm³/mol. The third kappa shape index (κ3) is 6.71. The highest BCUT2D eigenvalue weighted by atomic mass is 16.1. The molecule has 0 aromatic carbocycles. The number of hydrogen-bond acceptors (Lipinski definition) is 3. The molecule has 0 heterocycles. The maximum absolute atomic E-state index is 12.0. The van der Waals surface area contributed by atoms with E-state index in [0.717, 1.165) is 32.5 Å². The van der Waals surface area contributed by atoms with E-state index in [2.05, 4.69) is 31.0 Å². The van der Waals surface area contributed by atoms with Crippen LogP contribution in [0.4, 0.5) is 0 Å². The number of nitrogens with one attached hydrogen (secondary N) is 1. The van der Waals surface area contributed by atoms with Gasteiger partial charge in [-0.3, -0.25) is 4.79 Å². The lowest BCUT2D eigenvalue weighted by Gasteiger charge is -2.31. The molecule has 0 aromatic rings. The second-order valence-corrected chi connectivity index (χ2v) is 6.89. The minimum absolute atomic E-state index is 0.121. The van der Waals surface area contributed by atoms with Gasteiger partial charge >= 0.3 is 0 Å². The summed E-state index contributed by atoms with van der Waals surface area (Å²) in [7, 11) is 0. The molecule has 4 heteroatoms. The van der Waals surface area contributed by atoms with E-state index >= 15 is 0 Å². The Hall–Kier alpha value is -0.610. The van der Waals surface area contributed by atoms with Crippen LogP contribution in [0, 0.1) is 5.41 Å². The van der Waals surface area contributed by atoms with Crippen molar-refractivity contribution in [3.8, 4) is 0 Å². The van der Waals surface area contributed by atoms with E-state index in [1.807, 2.05) is 0 Å². The summed E-state index contributed by atoms with van der Waals surface area (Å²) in [5.41, 5.74) is 5.90. The van der Waals surface area contributed by atoms with E-state index in [4.69, 9.17) is 5.73 Å². The van der Waals surface area contributed by atoms with E-state index < -0.39 is 0 Å². The fourth-order valence-electron chi connectivity index (χ4n) is 2.83. The van der Waals surface area contributed by atoms with Gasteiger partial charge in [0.05, 0.1) is 0 Å². The van der Waals surface area contributed by atoms with Crippen LogP contribution in [0.1, 0.15) is 59.3 Å². The van der Waals surface area contributed by atoms with Crippen LogP contribution in [0.15, 0.2) is 0 Å². The minimum atomic E-state index is 0.121. The first-order valence-corrected chi connectivity index (χ1v) is 8.18. The molecule has 1 fully saturated rings. The molecule has 1 rings (SSSR count). The van der Waals surface area contributed by atoms with Gasteiger partial charge in [-0.15, -0.1) is 0 Å². The van der Waals surface area contributed by atoms with E-state index in [0.29, 0.717) is 19.0 Å². The third-order valence-electron chi connectivity index (χ3n) is 4.28. The van der Waals surface area contributed by atoms with E-state index in [-0.39, 0.29) is 11.3 Å². The Balaban J connectivity index is 2.26. The summed E-state index contributed by atoms with van der Waals surface area (Å²) >= 11 is 0. The largest absolute Gasteiger partial charge is 0.353 e. The summed E-state index contributed by atoms with van der Waals surface area (Å²) in [5, 5.41) is 3.18. The van der Waals surface area contributed by atoms with Gasteiger partial charge in [0.25, 0.3) is 0 Å². The van der Waals surface area contributed by atoms with Crippen molar-refractivity contribution in [1.82, 2.24) is 10.2 Å². The van der Waals surface area contributed by atoms with Gasteiger partial charge in [0.15, 0.2) is 0 Å². The summed E-state index contributed by atoms with van der Waals surface area (Å²) < 4.78 is 0. The Morgan fingerprint density at radius 3 is 2.50 bits per heavy atom. The lowest BCUT2D eigenvalue weighted by atomic mass is 9.93. The van der Waals surface area contributed by atoms with Crippen molar-refractivity contribution in [3.63, 3.8) is 0 Å². The minimum Gasteiger partial charge on any atom is -0.353 e. The zero-order valence-corrected chi connectivity index (χ0v) is 13.6. The van der Waals surface area contributed by atoms with Crippen LogP contribution in [0.5, 0.6) is 0 Å². The Morgan fingerprint density at radius 2 is 1.95 bits per heavy atom. The SMILES string of the molecule is CCN(CCC(=O)NC1CCCCC1)CC(C)(C)CN. The zero-order chi connectivity index (χ0) is 15.0. The molecule has 3 N–H and O–H groups in total. The van der Waals surface area contributed by atoms with Crippen LogP contribution < -0.4 is 11.1 Å². The molecule has 1 aliphatic rings. The van der Waals surface area contributed by atoms with Gasteiger partial charge in [0, 0.05) is 25.6 Å². The fourth-order valence-corrected chi connectivity index (χ4v) is 2.83. The van der Waals surface area contributed by atoms with Gasteiger partial charge in [0.2, 0.25) is 5.91 Å². The standard InChI is InChI=1S/C16H33N3O/c1-4-19(13-16(2,3)12-17)11-10-15(20)18-14-8-6-5-7-9-14/h14H,4-13,17H2,1-3H3,(H,18,20). The lowest BCUT2D eigenvalue weighted by Crippen LogP contribution is -2.41. The Morgan fingerprint density at radius 1 is 1.30 bits per heavy atom. The highest BCUT2D eigenvalue weighted by molar-refractivity contribution is 5.76. The average molecular weight is 283 g/mol. The smallest absolute Gasteiger partial charge is 0.221 e. The molecular weight excluding hydrogens is 250 g/mol. The Labute approximate surface area is 124 Å². The van der Waals surface area contributed by atoms with Gasteiger partial charge in [-0.1, -0.05) is 40.0 Å². The predicted octanol–water partition coefficient (Wildman–Crippen LogP) is 2.13. The normalized spacial score (nSPS) is 17.4. The van der Waals surface area contributed by atoms with Crippen molar-refractivity contribution >= 4 is 5.91 Å². The Kier molecular flexibility index (Phi) is 7.52. The van der Waals surface area contributed by atoms with Crippen LogP contribution in [0.3, 0.4) is 0 Å². The average Bonchev–Trinajstić information content (AvgIpc) is 2.44. The molecular formula is C16H33N3O. The summed E-state index contributed by atoms with van der Waals surface area (Å²) in [6, 6.07) is 0.423. The summed E-state index contributed by atoms with van der Waals surface area (Å²) in [6.45, 7) is 9.94. The van der Waals surface area contributed by atoms with E-state index in [9.17, 15) is 4.79 Å². The van der Waals surface area contributed by atoms with Crippen LogP contribution in [-0.4, -0.2) is 43.0 Å². The number of nitrogens with zero attached hydrogens (tertiary/aromatic N) is 1. The molecule has 0 radical (unpaired) electrons. The van der Waals surface area contributed by atoms with Gasteiger partial charge in [-0.2, -0.15) is 0 Å². The molecule has 0 unspecified atom stereocenters. The maximum atomic E-state index is 12.0. The number of nitrogens with two attached hydrogens (primary N) is 1. The van der Waals surface area contributed by atoms with Crippen molar-refractivity contribution in [2.24, 2.45) is 11.1 Å². The number of carbonyl (C=O) groups excluding carboxylic acids is 1. The number of rotatable bonds is 8. The summed E-state index contributed by atoms with van der Waals surface area (Å²) in [5.74, 6) is 0.209. The van der Waals surface area contributed by atoms with Crippen molar-refractivity contribution in [2.75, 3.05) is 26.2 Å². The van der Waals surface area contributed by atoms with Crippen LogP contribution in [-0.2, 0) is 4.79 Å². The molecule has 1 aliphatic carbocycles. The number of hydrogen-bond donors (Lipinski definition) is 2. The molecule has 0 aliphatic heterocycles. The second kappa shape index (κ2) is 8.63. The first kappa shape index (κ1) is 17.4.